The number of amides is 1. The van der Waals surface area contributed by atoms with Crippen LogP contribution in [0.3, 0.4) is 0 Å². The van der Waals surface area contributed by atoms with Gasteiger partial charge in [0.25, 0.3) is 5.91 Å². The molecule has 1 amide bonds. The molecule has 0 radical (unpaired) electrons. The summed E-state index contributed by atoms with van der Waals surface area (Å²) in [4.78, 5) is 32.7. The van der Waals surface area contributed by atoms with Gasteiger partial charge >= 0.3 is 0 Å². The molecule has 1 atom stereocenters. The molecule has 0 aliphatic carbocycles. The van der Waals surface area contributed by atoms with E-state index >= 15 is 0 Å². The lowest BCUT2D eigenvalue weighted by Gasteiger charge is -2.22. The molecule has 2 aromatic heterocycles. The lowest BCUT2D eigenvalue weighted by Crippen LogP contribution is -2.29. The summed E-state index contributed by atoms with van der Waals surface area (Å²) in [6.45, 7) is 3.90. The largest absolute Gasteiger partial charge is 0.491 e. The Kier molecular flexibility index (Phi) is 4.79. The second kappa shape index (κ2) is 7.51. The average Bonchev–Trinajstić information content (AvgIpc) is 3.36. The first-order chi connectivity index (χ1) is 14.9. The Bertz CT molecular complexity index is 1350. The van der Waals surface area contributed by atoms with Crippen molar-refractivity contribution in [1.29, 1.82) is 0 Å². The van der Waals surface area contributed by atoms with Crippen molar-refractivity contribution in [2.45, 2.75) is 26.0 Å². The number of carbonyl (C=O) groups is 1. The van der Waals surface area contributed by atoms with Gasteiger partial charge in [0.2, 0.25) is 5.76 Å². The maximum Gasteiger partial charge on any atom is 0.297 e. The molecule has 4 aromatic rings. The van der Waals surface area contributed by atoms with Gasteiger partial charge in [-0.3, -0.25) is 14.5 Å². The van der Waals surface area contributed by atoms with Gasteiger partial charge in [-0.05, 0) is 49.7 Å². The highest BCUT2D eigenvalue weighted by Gasteiger charge is 2.44. The Morgan fingerprint density at radius 2 is 1.94 bits per heavy atom. The molecule has 0 fully saturated rings. The van der Waals surface area contributed by atoms with Crippen LogP contribution in [0.25, 0.3) is 11.0 Å². The number of halogens is 1. The average molecular weight is 453 g/mol. The number of nitrogens with zero attached hydrogens (tertiary/aromatic N) is 2. The van der Waals surface area contributed by atoms with Crippen molar-refractivity contribution in [3.8, 4) is 5.75 Å². The van der Waals surface area contributed by atoms with Gasteiger partial charge in [0.15, 0.2) is 10.6 Å². The summed E-state index contributed by atoms with van der Waals surface area (Å²) in [6, 6.07) is 11.5. The molecular formula is C23H17ClN2O4S. The quantitative estimate of drug-likeness (QED) is 0.412. The third kappa shape index (κ3) is 3.30. The zero-order valence-electron chi connectivity index (χ0n) is 16.7. The number of rotatable bonds is 4. The SMILES string of the molecule is CC(C)Oc1ccc(C2c3c(oc4ccc(Cl)cc4c3=O)C(=O)N2c2nccs2)cc1. The molecule has 1 unspecified atom stereocenters. The number of aromatic nitrogens is 1. The zero-order valence-corrected chi connectivity index (χ0v) is 18.2. The Hall–Kier alpha value is -3.16. The van der Waals surface area contributed by atoms with Crippen molar-refractivity contribution < 1.29 is 13.9 Å². The molecular weight excluding hydrogens is 436 g/mol. The van der Waals surface area contributed by atoms with Crippen LogP contribution in [-0.4, -0.2) is 17.0 Å². The molecule has 0 saturated carbocycles. The number of hydrogen-bond donors (Lipinski definition) is 0. The van der Waals surface area contributed by atoms with Gasteiger partial charge in [-0.25, -0.2) is 4.98 Å². The summed E-state index contributed by atoms with van der Waals surface area (Å²) >= 11 is 7.43. The van der Waals surface area contributed by atoms with E-state index in [0.29, 0.717) is 26.9 Å². The summed E-state index contributed by atoms with van der Waals surface area (Å²) in [5, 5.41) is 3.04. The van der Waals surface area contributed by atoms with Crippen LogP contribution in [0.15, 0.2) is 63.3 Å². The fraction of sp³-hybridized carbons (Fsp3) is 0.174. The van der Waals surface area contributed by atoms with Gasteiger partial charge in [-0.15, -0.1) is 11.3 Å². The molecule has 0 spiro atoms. The van der Waals surface area contributed by atoms with E-state index in [9.17, 15) is 9.59 Å². The Labute approximate surface area is 186 Å². The van der Waals surface area contributed by atoms with Gasteiger partial charge in [-0.2, -0.15) is 0 Å². The predicted molar refractivity (Wildman–Crippen MR) is 120 cm³/mol. The summed E-state index contributed by atoms with van der Waals surface area (Å²) < 4.78 is 11.6. The standard InChI is InChI=1S/C23H17ClN2O4S/c1-12(2)29-15-6-3-13(4-7-15)19-18-20(27)16-11-14(24)5-8-17(16)30-21(18)22(28)26(19)23-25-9-10-31-23/h3-12,19H,1-2H3. The Balaban J connectivity index is 1.73. The normalized spacial score (nSPS) is 15.7. The molecule has 8 heteroatoms. The van der Waals surface area contributed by atoms with E-state index in [1.165, 1.54) is 16.2 Å². The van der Waals surface area contributed by atoms with E-state index in [2.05, 4.69) is 4.98 Å². The number of anilines is 1. The first-order valence-corrected chi connectivity index (χ1v) is 11.0. The highest BCUT2D eigenvalue weighted by atomic mass is 35.5. The van der Waals surface area contributed by atoms with E-state index < -0.39 is 11.9 Å². The molecule has 1 aliphatic heterocycles. The van der Waals surface area contributed by atoms with Crippen molar-refractivity contribution in [3.63, 3.8) is 0 Å². The van der Waals surface area contributed by atoms with E-state index in [-0.39, 0.29) is 22.9 Å². The van der Waals surface area contributed by atoms with Crippen LogP contribution in [0.1, 0.15) is 41.6 Å². The highest BCUT2D eigenvalue weighted by molar-refractivity contribution is 7.13. The molecule has 0 saturated heterocycles. The fourth-order valence-corrected chi connectivity index (χ4v) is 4.63. The van der Waals surface area contributed by atoms with E-state index in [4.69, 9.17) is 20.8 Å². The summed E-state index contributed by atoms with van der Waals surface area (Å²) in [6.07, 6.45) is 1.66. The molecule has 6 nitrogen and oxygen atoms in total. The third-order valence-electron chi connectivity index (χ3n) is 5.03. The topological polar surface area (TPSA) is 72.6 Å². The van der Waals surface area contributed by atoms with Crippen LogP contribution in [0.2, 0.25) is 5.02 Å². The minimum Gasteiger partial charge on any atom is -0.491 e. The summed E-state index contributed by atoms with van der Waals surface area (Å²) in [5.41, 5.74) is 1.08. The Morgan fingerprint density at radius 3 is 2.61 bits per heavy atom. The van der Waals surface area contributed by atoms with Crippen LogP contribution in [-0.2, 0) is 0 Å². The summed E-state index contributed by atoms with van der Waals surface area (Å²) in [5.74, 6) is 0.343. The number of fused-ring (bicyclic) bond motifs is 2. The van der Waals surface area contributed by atoms with Crippen LogP contribution in [0, 0.1) is 0 Å². The lowest BCUT2D eigenvalue weighted by atomic mass is 9.98. The number of benzene rings is 2. The number of thiazole rings is 1. The first-order valence-electron chi connectivity index (χ1n) is 9.70. The second-order valence-electron chi connectivity index (χ2n) is 7.44. The van der Waals surface area contributed by atoms with Crippen LogP contribution >= 0.6 is 22.9 Å². The number of carbonyl (C=O) groups excluding carboxylic acids is 1. The fourth-order valence-electron chi connectivity index (χ4n) is 3.79. The third-order valence-corrected chi connectivity index (χ3v) is 6.03. The highest BCUT2D eigenvalue weighted by Crippen LogP contribution is 2.42. The monoisotopic (exact) mass is 452 g/mol. The molecule has 31 heavy (non-hydrogen) atoms. The van der Waals surface area contributed by atoms with Crippen molar-refractivity contribution in [1.82, 2.24) is 4.98 Å². The lowest BCUT2D eigenvalue weighted by molar-refractivity contribution is 0.0971. The van der Waals surface area contributed by atoms with Crippen molar-refractivity contribution in [2.24, 2.45) is 0 Å². The zero-order chi connectivity index (χ0) is 21.7. The van der Waals surface area contributed by atoms with Crippen molar-refractivity contribution >= 4 is 44.9 Å². The van der Waals surface area contributed by atoms with Gasteiger partial charge in [0.1, 0.15) is 11.3 Å². The maximum atomic E-state index is 13.5. The molecule has 0 N–H and O–H groups in total. The summed E-state index contributed by atoms with van der Waals surface area (Å²) in [7, 11) is 0. The molecule has 5 rings (SSSR count). The van der Waals surface area contributed by atoms with E-state index in [1.54, 1.807) is 29.8 Å². The molecule has 0 bridgehead atoms. The van der Waals surface area contributed by atoms with E-state index in [1.807, 2.05) is 38.1 Å². The number of ether oxygens (including phenoxy) is 1. The smallest absolute Gasteiger partial charge is 0.297 e. The van der Waals surface area contributed by atoms with Gasteiger partial charge in [0, 0.05) is 16.6 Å². The van der Waals surface area contributed by atoms with Crippen LogP contribution < -0.4 is 15.1 Å². The predicted octanol–water partition coefficient (Wildman–Crippen LogP) is 5.44. The minimum absolute atomic E-state index is 0.0301. The van der Waals surface area contributed by atoms with Crippen molar-refractivity contribution in [3.05, 3.63) is 86.2 Å². The van der Waals surface area contributed by atoms with E-state index in [0.717, 1.165) is 5.56 Å². The molecule has 3 heterocycles. The Morgan fingerprint density at radius 1 is 1.16 bits per heavy atom. The van der Waals surface area contributed by atoms with Crippen LogP contribution in [0.4, 0.5) is 5.13 Å². The minimum atomic E-state index is -0.665. The maximum absolute atomic E-state index is 13.5. The van der Waals surface area contributed by atoms with Gasteiger partial charge < -0.3 is 9.15 Å². The van der Waals surface area contributed by atoms with Crippen LogP contribution in [0.5, 0.6) is 5.75 Å². The molecule has 1 aliphatic rings. The first kappa shape index (κ1) is 19.8. The molecule has 2 aromatic carbocycles. The number of hydrogen-bond acceptors (Lipinski definition) is 6. The van der Waals surface area contributed by atoms with Gasteiger partial charge in [0.05, 0.1) is 23.1 Å². The van der Waals surface area contributed by atoms with Gasteiger partial charge in [-0.1, -0.05) is 23.7 Å². The second-order valence-corrected chi connectivity index (χ2v) is 8.75. The molecule has 156 valence electrons. The van der Waals surface area contributed by atoms with Crippen molar-refractivity contribution in [2.75, 3.05) is 4.90 Å².